The molecular weight excluding hydrogens is 749 g/mol. The number of nitrogens with zero attached hydrogens (tertiary/aromatic N) is 1. The summed E-state index contributed by atoms with van der Waals surface area (Å²) in [5, 5.41) is 24.6. The molecule has 1 saturated heterocycles. The Labute approximate surface area is 348 Å². The molecule has 8 aliphatic carbocycles. The maximum absolute atomic E-state index is 15.6. The maximum atomic E-state index is 15.6. The van der Waals surface area contributed by atoms with Crippen LogP contribution in [0.5, 0.6) is 0 Å². The summed E-state index contributed by atoms with van der Waals surface area (Å²) in [6.45, 7) is 10.8. The second-order valence-corrected chi connectivity index (χ2v) is 21.7. The van der Waals surface area contributed by atoms with E-state index in [0.29, 0.717) is 87.6 Å². The highest BCUT2D eigenvalue weighted by Gasteiger charge is 2.76. The molecule has 6 atom stereocenters. The molecule has 1 amide bonds. The van der Waals surface area contributed by atoms with E-state index in [0.717, 1.165) is 48.1 Å². The first-order valence-corrected chi connectivity index (χ1v) is 22.5. The largest absolute Gasteiger partial charge is 0.448 e. The Morgan fingerprint density at radius 1 is 0.864 bits per heavy atom. The topological polar surface area (TPSA) is 104 Å². The number of halogens is 2. The molecule has 0 spiro atoms. The van der Waals surface area contributed by atoms with Crippen molar-refractivity contribution in [2.75, 3.05) is 13.1 Å². The molecule has 11 rings (SSSR count). The molecule has 318 valence electrons. The van der Waals surface area contributed by atoms with Crippen molar-refractivity contribution in [2.45, 2.75) is 154 Å². The molecule has 2 aromatic rings. The summed E-state index contributed by atoms with van der Waals surface area (Å²) in [5.41, 5.74) is -2.04. The van der Waals surface area contributed by atoms with Crippen LogP contribution < -0.4 is 0 Å². The number of benzene rings is 2. The van der Waals surface area contributed by atoms with Crippen molar-refractivity contribution >= 4 is 17.7 Å². The van der Waals surface area contributed by atoms with Crippen molar-refractivity contribution in [1.82, 2.24) is 4.90 Å². The van der Waals surface area contributed by atoms with E-state index in [1.807, 2.05) is 37.8 Å². The summed E-state index contributed by atoms with van der Waals surface area (Å²) >= 11 is 0. The van der Waals surface area contributed by atoms with Gasteiger partial charge in [-0.2, -0.15) is 0 Å². The van der Waals surface area contributed by atoms with Crippen molar-refractivity contribution in [3.63, 3.8) is 0 Å². The van der Waals surface area contributed by atoms with Crippen LogP contribution in [-0.4, -0.2) is 63.2 Å². The van der Waals surface area contributed by atoms with Crippen LogP contribution in [0.2, 0.25) is 0 Å². The molecule has 1 heterocycles. The summed E-state index contributed by atoms with van der Waals surface area (Å²) in [4.78, 5) is 45.7. The first-order chi connectivity index (χ1) is 27.8. The monoisotopic (exact) mass is 811 g/mol. The second-order valence-electron chi connectivity index (χ2n) is 21.7. The van der Waals surface area contributed by atoms with Crippen molar-refractivity contribution < 1.29 is 38.1 Å². The quantitative estimate of drug-likeness (QED) is 0.164. The molecule has 59 heavy (non-hydrogen) atoms. The lowest BCUT2D eigenvalue weighted by Crippen LogP contribution is -2.63. The van der Waals surface area contributed by atoms with Crippen molar-refractivity contribution in [3.8, 4) is 0 Å². The molecule has 1 aliphatic heterocycles. The van der Waals surface area contributed by atoms with Crippen LogP contribution in [0.3, 0.4) is 0 Å². The van der Waals surface area contributed by atoms with E-state index in [4.69, 9.17) is 4.74 Å². The number of carbonyl (C=O) groups excluding carboxylic acids is 3. The van der Waals surface area contributed by atoms with E-state index in [2.05, 4.69) is 19.9 Å². The molecule has 6 saturated carbocycles. The molecule has 2 N–H and O–H groups in total. The summed E-state index contributed by atoms with van der Waals surface area (Å²) in [7, 11) is 0. The Morgan fingerprint density at radius 2 is 1.56 bits per heavy atom. The SMILES string of the molecule is CC1=CCCC2(C)C(CCC2(O)CN(CC23CC4CC(CC(C4)C2)C3)C(=O)C23CCC(C)(C(=O)O2)C3(C)C)c2ccc(cc2C(=O)c2ccc(F)c(F)c2)CC(O)CC1. The minimum absolute atomic E-state index is 0.0291. The van der Waals surface area contributed by atoms with Crippen molar-refractivity contribution in [2.24, 2.45) is 39.4 Å². The molecule has 9 heteroatoms. The number of hydrogen-bond donors (Lipinski definition) is 2. The number of rotatable bonds is 7. The number of ketones is 1. The third-order valence-corrected chi connectivity index (χ3v) is 18.0. The predicted octanol–water partition coefficient (Wildman–Crippen LogP) is 9.40. The van der Waals surface area contributed by atoms with Gasteiger partial charge in [-0.15, -0.1) is 0 Å². The normalized spacial score (nSPS) is 39.4. The summed E-state index contributed by atoms with van der Waals surface area (Å²) in [5.74, 6) is -1.41. The fraction of sp³-hybridized carbons (Fsp3) is 0.660. The van der Waals surface area contributed by atoms with Gasteiger partial charge >= 0.3 is 5.97 Å². The van der Waals surface area contributed by atoms with Gasteiger partial charge in [0.1, 0.15) is 0 Å². The number of amides is 1. The molecule has 7 nitrogen and oxygen atoms in total. The van der Waals surface area contributed by atoms with E-state index >= 15 is 4.79 Å². The highest BCUT2D eigenvalue weighted by molar-refractivity contribution is 6.10. The molecule has 0 radical (unpaired) electrons. The van der Waals surface area contributed by atoms with Gasteiger partial charge in [-0.1, -0.05) is 44.6 Å². The molecule has 2 aromatic carbocycles. The fourth-order valence-corrected chi connectivity index (χ4v) is 14.4. The van der Waals surface area contributed by atoms with E-state index in [-0.39, 0.29) is 35.3 Å². The number of carbonyl (C=O) groups is 3. The first-order valence-electron chi connectivity index (χ1n) is 22.5. The Kier molecular flexibility index (Phi) is 9.75. The number of hydrogen-bond acceptors (Lipinski definition) is 6. The summed E-state index contributed by atoms with van der Waals surface area (Å²) in [6.07, 6.45) is 13.4. The van der Waals surface area contributed by atoms with Crippen LogP contribution in [-0.2, 0) is 20.7 Å². The minimum Gasteiger partial charge on any atom is -0.448 e. The van der Waals surface area contributed by atoms with Gasteiger partial charge in [-0.25, -0.2) is 8.78 Å². The van der Waals surface area contributed by atoms with E-state index in [9.17, 15) is 28.6 Å². The molecule has 6 unspecified atom stereocenters. The Bertz CT molecular complexity index is 2080. The van der Waals surface area contributed by atoms with Gasteiger partial charge in [0.2, 0.25) is 0 Å². The summed E-state index contributed by atoms with van der Waals surface area (Å²) in [6, 6.07) is 8.90. The van der Waals surface area contributed by atoms with Gasteiger partial charge in [-0.05, 0) is 175 Å². The smallest absolute Gasteiger partial charge is 0.313 e. The second kappa shape index (κ2) is 14.1. The lowest BCUT2D eigenvalue weighted by molar-refractivity contribution is -0.181. The number of fused-ring (bicyclic) bond motifs is 10. The van der Waals surface area contributed by atoms with Crippen LogP contribution in [0.25, 0.3) is 0 Å². The van der Waals surface area contributed by atoms with Crippen LogP contribution >= 0.6 is 0 Å². The van der Waals surface area contributed by atoms with Gasteiger partial charge < -0.3 is 19.8 Å². The van der Waals surface area contributed by atoms with E-state index < -0.39 is 51.0 Å². The Balaban J connectivity index is 1.14. The van der Waals surface area contributed by atoms with Crippen LogP contribution in [0.15, 0.2) is 48.0 Å². The third kappa shape index (κ3) is 6.31. The minimum atomic E-state index is -1.38. The zero-order valence-electron chi connectivity index (χ0n) is 35.7. The number of aliphatic hydroxyl groups is 2. The average Bonchev–Trinajstić information content (AvgIpc) is 3.60. The molecule has 7 fully saturated rings. The fourth-order valence-electron chi connectivity index (χ4n) is 14.4. The van der Waals surface area contributed by atoms with Gasteiger partial charge in [-0.3, -0.25) is 14.4 Å². The number of allylic oxidation sites excluding steroid dienone is 2. The Morgan fingerprint density at radius 3 is 2.19 bits per heavy atom. The number of esters is 1. The van der Waals surface area contributed by atoms with Gasteiger partial charge in [0.15, 0.2) is 23.0 Å². The van der Waals surface area contributed by atoms with Crippen LogP contribution in [0, 0.1) is 51.0 Å². The molecule has 9 aliphatic rings. The van der Waals surface area contributed by atoms with Gasteiger partial charge in [0.25, 0.3) is 5.91 Å². The highest BCUT2D eigenvalue weighted by atomic mass is 19.2. The molecule has 0 aromatic heterocycles. The molecule has 8 bridgehead atoms. The van der Waals surface area contributed by atoms with Crippen LogP contribution in [0.4, 0.5) is 8.78 Å². The van der Waals surface area contributed by atoms with E-state index in [1.54, 1.807) is 6.07 Å². The summed E-state index contributed by atoms with van der Waals surface area (Å²) < 4.78 is 35.0. The van der Waals surface area contributed by atoms with Crippen molar-refractivity contribution in [1.29, 1.82) is 0 Å². The standard InChI is InChI=1S/C50H63F2NO6/c1-30-7-6-15-46(4)39(37-12-9-31(22-36(54)11-8-30)23-38(37)42(55)35-10-13-40(51)41(52)24-35)14-16-49(46,58)29-53(28-48-25-32-19-33(26-48)21-34(20-32)27-48)43(56)50-18-17-47(5,44(57)59-50)45(50,2)3/h7,9-10,12-13,23-24,32-34,36,39,54,58H,6,8,11,14-22,25-29H2,1-5H3. The first kappa shape index (κ1) is 40.9. The number of aliphatic hydroxyl groups excluding tert-OH is 1. The zero-order valence-corrected chi connectivity index (χ0v) is 35.7. The number of ether oxygens (including phenoxy) is 1. The average molecular weight is 812 g/mol. The van der Waals surface area contributed by atoms with E-state index in [1.165, 1.54) is 25.3 Å². The lowest BCUT2D eigenvalue weighted by atomic mass is 9.49. The van der Waals surface area contributed by atoms with Gasteiger partial charge in [0.05, 0.1) is 23.7 Å². The highest BCUT2D eigenvalue weighted by Crippen LogP contribution is 2.67. The maximum Gasteiger partial charge on any atom is 0.313 e. The zero-order chi connectivity index (χ0) is 41.9. The van der Waals surface area contributed by atoms with Gasteiger partial charge in [0, 0.05) is 28.5 Å². The predicted molar refractivity (Wildman–Crippen MR) is 220 cm³/mol. The van der Waals surface area contributed by atoms with Crippen molar-refractivity contribution in [3.05, 3.63) is 81.9 Å². The third-order valence-electron chi connectivity index (χ3n) is 18.0. The Hall–Kier alpha value is -3.43. The van der Waals surface area contributed by atoms with Crippen LogP contribution in [0.1, 0.15) is 157 Å². The molecular formula is C50H63F2NO6. The lowest BCUT2D eigenvalue weighted by Gasteiger charge is -2.58.